The average molecular weight is 625 g/mol. The number of anilines is 2. The smallest absolute Gasteiger partial charge is 0.353 e. The fourth-order valence-electron chi connectivity index (χ4n) is 5.13. The van der Waals surface area contributed by atoms with Gasteiger partial charge < -0.3 is 25.9 Å². The standard InChI is InChI=1S/C28H28N6O5S3/c29-28-30-19(14-41-28)21(32-39-17-9-4-5-10-17)24(35)31-22-25(36)34-23(27(37)38)20(15-40-26(22)34)42-18-11-6-12-33(13-18)16-7-2-1-3-8-16/h1-3,6-8,11,13-14,17,22,26H,4-5,9-10,12,15H2,(H2,29,30)(H,31,35)(H,37,38)/b32-21-/t22-,26-/m1/s1. The van der Waals surface area contributed by atoms with Crippen molar-refractivity contribution in [3.63, 3.8) is 0 Å². The van der Waals surface area contributed by atoms with Gasteiger partial charge in [-0.05, 0) is 43.9 Å². The first kappa shape index (κ1) is 28.4. The molecular weight excluding hydrogens is 597 g/mol. The number of benzene rings is 1. The largest absolute Gasteiger partial charge is 0.477 e. The number of aliphatic carboxylic acids is 1. The third-order valence-electron chi connectivity index (χ3n) is 7.19. The van der Waals surface area contributed by atoms with Crippen LogP contribution in [0, 0.1) is 0 Å². The number of allylic oxidation sites excluding steroid dienone is 1. The summed E-state index contributed by atoms with van der Waals surface area (Å²) in [5.74, 6) is -1.94. The number of oxime groups is 1. The van der Waals surface area contributed by atoms with Crippen LogP contribution in [0.1, 0.15) is 31.4 Å². The maximum atomic E-state index is 13.3. The zero-order valence-electron chi connectivity index (χ0n) is 22.3. The van der Waals surface area contributed by atoms with Gasteiger partial charge in [-0.2, -0.15) is 0 Å². The molecule has 1 saturated heterocycles. The Hall–Kier alpha value is -3.75. The van der Waals surface area contributed by atoms with E-state index in [1.54, 1.807) is 5.38 Å². The molecule has 218 valence electrons. The highest BCUT2D eigenvalue weighted by Crippen LogP contribution is 2.45. The number of thioether (sulfide) groups is 2. The van der Waals surface area contributed by atoms with Gasteiger partial charge in [-0.25, -0.2) is 9.78 Å². The second kappa shape index (κ2) is 12.2. The molecule has 0 spiro atoms. The number of nitrogens with zero attached hydrogens (tertiary/aromatic N) is 4. The van der Waals surface area contributed by atoms with E-state index in [2.05, 4.69) is 20.4 Å². The van der Waals surface area contributed by atoms with Crippen LogP contribution in [0.5, 0.6) is 0 Å². The third kappa shape index (κ3) is 5.78. The van der Waals surface area contributed by atoms with Gasteiger partial charge in [0.05, 0.1) is 0 Å². The summed E-state index contributed by atoms with van der Waals surface area (Å²) in [6, 6.07) is 8.98. The van der Waals surface area contributed by atoms with Gasteiger partial charge in [0.25, 0.3) is 11.8 Å². The topological polar surface area (TPSA) is 150 Å². The average Bonchev–Trinajstić information content (AvgIpc) is 3.68. The van der Waals surface area contributed by atoms with E-state index in [4.69, 9.17) is 10.6 Å². The number of para-hydroxylation sites is 1. The van der Waals surface area contributed by atoms with E-state index in [0.29, 0.717) is 17.2 Å². The van der Waals surface area contributed by atoms with E-state index in [-0.39, 0.29) is 28.3 Å². The molecule has 1 aliphatic carbocycles. The molecule has 14 heteroatoms. The van der Waals surface area contributed by atoms with Crippen LogP contribution >= 0.6 is 34.9 Å². The maximum absolute atomic E-state index is 13.3. The zero-order chi connectivity index (χ0) is 29.2. The molecule has 3 aliphatic heterocycles. The molecule has 4 N–H and O–H groups in total. The number of nitrogens with two attached hydrogens (primary N) is 1. The Bertz CT molecular complexity index is 1510. The van der Waals surface area contributed by atoms with E-state index in [1.807, 2.05) is 48.7 Å². The molecule has 1 aromatic carbocycles. The molecule has 2 aromatic rings. The Labute approximate surface area is 254 Å². The molecule has 4 aliphatic rings. The van der Waals surface area contributed by atoms with Crippen LogP contribution in [-0.4, -0.2) is 68.3 Å². The van der Waals surface area contributed by atoms with Crippen molar-refractivity contribution in [1.82, 2.24) is 15.2 Å². The minimum atomic E-state index is -1.19. The number of nitrogens with one attached hydrogen (secondary N) is 1. The Kier molecular flexibility index (Phi) is 8.27. The van der Waals surface area contributed by atoms with Gasteiger partial charge in [-0.1, -0.05) is 41.2 Å². The number of hydrogen-bond donors (Lipinski definition) is 3. The second-order valence-corrected chi connectivity index (χ2v) is 13.1. The molecule has 0 radical (unpaired) electrons. The number of rotatable bonds is 9. The molecule has 6 rings (SSSR count). The summed E-state index contributed by atoms with van der Waals surface area (Å²) >= 11 is 3.90. The van der Waals surface area contributed by atoms with Crippen LogP contribution in [0.25, 0.3) is 0 Å². The van der Waals surface area contributed by atoms with Gasteiger partial charge >= 0.3 is 5.97 Å². The molecule has 4 heterocycles. The number of carboxylic acids is 1. The zero-order valence-corrected chi connectivity index (χ0v) is 24.8. The van der Waals surface area contributed by atoms with Crippen molar-refractivity contribution in [3.05, 3.63) is 75.3 Å². The second-order valence-electron chi connectivity index (χ2n) is 9.98. The van der Waals surface area contributed by atoms with Crippen LogP contribution in [0.4, 0.5) is 10.8 Å². The molecular formula is C28H28N6O5S3. The molecule has 2 fully saturated rings. The Morgan fingerprint density at radius 1 is 1.21 bits per heavy atom. The van der Waals surface area contributed by atoms with Crippen molar-refractivity contribution in [3.8, 4) is 0 Å². The normalized spacial score (nSPS) is 22.5. The van der Waals surface area contributed by atoms with Crippen molar-refractivity contribution in [2.45, 2.75) is 43.2 Å². The highest BCUT2D eigenvalue weighted by Gasteiger charge is 2.54. The number of thiazole rings is 1. The molecule has 42 heavy (non-hydrogen) atoms. The molecule has 11 nitrogen and oxygen atoms in total. The fraction of sp³-hybridized carbons (Fsp3) is 0.321. The van der Waals surface area contributed by atoms with Gasteiger partial charge in [0.15, 0.2) is 10.8 Å². The molecule has 2 amide bonds. The highest BCUT2D eigenvalue weighted by molar-refractivity contribution is 8.09. The first-order chi connectivity index (χ1) is 20.4. The van der Waals surface area contributed by atoms with Crippen LogP contribution in [0.15, 0.2) is 74.7 Å². The number of hydrogen-bond acceptors (Lipinski definition) is 11. The van der Waals surface area contributed by atoms with Crippen LogP contribution in [0.3, 0.4) is 0 Å². The van der Waals surface area contributed by atoms with Crippen molar-refractivity contribution in [2.75, 3.05) is 22.9 Å². The molecule has 1 aromatic heterocycles. The number of carbonyl (C=O) groups excluding carboxylic acids is 2. The minimum absolute atomic E-state index is 0.0592. The predicted octanol–water partition coefficient (Wildman–Crippen LogP) is 3.74. The van der Waals surface area contributed by atoms with Crippen molar-refractivity contribution < 1.29 is 24.3 Å². The van der Waals surface area contributed by atoms with Crippen LogP contribution in [0.2, 0.25) is 0 Å². The summed E-state index contributed by atoms with van der Waals surface area (Å²) in [6.45, 7) is 0.701. The fourth-order valence-corrected chi connectivity index (χ4v) is 8.23. The van der Waals surface area contributed by atoms with E-state index < -0.39 is 29.2 Å². The summed E-state index contributed by atoms with van der Waals surface area (Å²) < 4.78 is 0. The van der Waals surface area contributed by atoms with Gasteiger partial charge in [0.2, 0.25) is 0 Å². The summed E-state index contributed by atoms with van der Waals surface area (Å²) in [7, 11) is 0. The first-order valence-corrected chi connectivity index (χ1v) is 16.2. The van der Waals surface area contributed by atoms with Crippen molar-refractivity contribution >= 4 is 69.2 Å². The number of amides is 2. The summed E-state index contributed by atoms with van der Waals surface area (Å²) in [6.07, 6.45) is 9.65. The van der Waals surface area contributed by atoms with Crippen LogP contribution < -0.4 is 16.0 Å². The lowest BCUT2D eigenvalue weighted by Gasteiger charge is -2.49. The number of carbonyl (C=O) groups is 3. The monoisotopic (exact) mass is 624 g/mol. The molecule has 0 unspecified atom stereocenters. The maximum Gasteiger partial charge on any atom is 0.353 e. The predicted molar refractivity (Wildman–Crippen MR) is 165 cm³/mol. The van der Waals surface area contributed by atoms with E-state index in [1.165, 1.54) is 39.8 Å². The first-order valence-electron chi connectivity index (χ1n) is 13.4. The number of β-lactam (4-membered cyclic amide) rings is 1. The van der Waals surface area contributed by atoms with Gasteiger partial charge in [-0.15, -0.1) is 23.1 Å². The van der Waals surface area contributed by atoms with Gasteiger partial charge in [-0.3, -0.25) is 14.5 Å². The van der Waals surface area contributed by atoms with E-state index in [9.17, 15) is 19.5 Å². The van der Waals surface area contributed by atoms with Gasteiger partial charge in [0.1, 0.15) is 28.9 Å². The lowest BCUT2D eigenvalue weighted by atomic mass is 10.0. The van der Waals surface area contributed by atoms with Crippen LogP contribution in [-0.2, 0) is 19.2 Å². The number of aromatic nitrogens is 1. The van der Waals surface area contributed by atoms with Crippen molar-refractivity contribution in [1.29, 1.82) is 0 Å². The number of nitrogen functional groups attached to an aromatic ring is 1. The molecule has 1 saturated carbocycles. The SMILES string of the molecule is Nc1nc(/C(=N/OC2CCCC2)C(=O)N[C@@H]2C(=O)N3C(C(=O)O)=C(SC4=CN(c5ccccc5)CC=C4)CS[C@H]23)cs1. The highest BCUT2D eigenvalue weighted by atomic mass is 32.2. The lowest BCUT2D eigenvalue weighted by molar-refractivity contribution is -0.150. The van der Waals surface area contributed by atoms with E-state index in [0.717, 1.165) is 36.3 Å². The Balaban J connectivity index is 1.18. The summed E-state index contributed by atoms with van der Waals surface area (Å²) in [5, 5.41) is 18.3. The number of carboxylic acid groups (broad SMARTS) is 1. The van der Waals surface area contributed by atoms with Gasteiger partial charge in [0, 0.05) is 39.4 Å². The lowest BCUT2D eigenvalue weighted by Crippen LogP contribution is -2.71. The summed E-state index contributed by atoms with van der Waals surface area (Å²) in [4.78, 5) is 53.6. The van der Waals surface area contributed by atoms with Crippen molar-refractivity contribution in [2.24, 2.45) is 5.16 Å². The Morgan fingerprint density at radius 3 is 2.71 bits per heavy atom. The van der Waals surface area contributed by atoms with E-state index >= 15 is 0 Å². The Morgan fingerprint density at radius 2 is 2.00 bits per heavy atom. The molecule has 0 bridgehead atoms. The quantitative estimate of drug-likeness (QED) is 0.214. The minimum Gasteiger partial charge on any atom is -0.477 e. The molecule has 2 atom stereocenters. The number of fused-ring (bicyclic) bond motifs is 1. The third-order valence-corrected chi connectivity index (χ3v) is 10.4. The summed E-state index contributed by atoms with van der Waals surface area (Å²) in [5.41, 5.74) is 6.95.